The van der Waals surface area contributed by atoms with Gasteiger partial charge in [0.15, 0.2) is 5.82 Å². The van der Waals surface area contributed by atoms with Crippen LogP contribution in [0.1, 0.15) is 57.1 Å². The number of piperidine rings is 2. The molecule has 4 atom stereocenters. The molecule has 4 aliphatic rings. The predicted octanol–water partition coefficient (Wildman–Crippen LogP) is 8.20. The fourth-order valence-electron chi connectivity index (χ4n) is 8.88. The van der Waals surface area contributed by atoms with Gasteiger partial charge in [0.25, 0.3) is 0 Å². The maximum absolute atomic E-state index is 6.14. The molecule has 17 nitrogen and oxygen atoms in total. The van der Waals surface area contributed by atoms with Crippen LogP contribution in [0.4, 0.5) is 12.0 Å². The van der Waals surface area contributed by atoms with Crippen LogP contribution in [0.25, 0.3) is 0 Å². The van der Waals surface area contributed by atoms with E-state index < -0.39 is 0 Å². The first kappa shape index (κ1) is 42.9. The Balaban J connectivity index is 0.000000139. The van der Waals surface area contributed by atoms with Gasteiger partial charge >= 0.3 is 24.1 Å². The van der Waals surface area contributed by atoms with Crippen LogP contribution in [-0.2, 0) is 19.5 Å². The lowest BCUT2D eigenvalue weighted by atomic mass is 9.82. The summed E-state index contributed by atoms with van der Waals surface area (Å²) in [6.07, 6.45) is 5.80. The maximum atomic E-state index is 6.14. The molecule has 2 saturated carbocycles. The van der Waals surface area contributed by atoms with Crippen LogP contribution >= 0.6 is 39.1 Å². The van der Waals surface area contributed by atoms with Gasteiger partial charge in [-0.2, -0.15) is 15.1 Å². The Bertz CT molecular complexity index is 2360. The Morgan fingerprint density at radius 3 is 1.64 bits per heavy atom. The molecule has 0 spiro atoms. The molecule has 2 aliphatic heterocycles. The molecule has 4 unspecified atom stereocenters. The number of hydrogen-bond donors (Lipinski definition) is 1. The average molecular weight is 940 g/mol. The minimum absolute atomic E-state index is 0.380. The molecule has 61 heavy (non-hydrogen) atoms. The first-order valence-corrected chi connectivity index (χ1v) is 22.3. The monoisotopic (exact) mass is 937 g/mol. The SMILES string of the molecule is CCn1nc(Br)nc1Oc1cccc(Cl)c1.CCn1nc(CC2C3CCC2CN(c2nnc(C)o2)C3)nc1Oc1cccc(Cl)c1.Cc1nnc(N2CC3CCC(C2)C3N)o1. The average Bonchev–Trinajstić information content (AvgIpc) is 4.09. The van der Waals surface area contributed by atoms with Crippen molar-refractivity contribution in [2.24, 2.45) is 35.3 Å². The lowest BCUT2D eigenvalue weighted by molar-refractivity contribution is 0.257. The maximum Gasteiger partial charge on any atom is 0.321 e. The van der Waals surface area contributed by atoms with Gasteiger partial charge in [-0.1, -0.05) is 45.5 Å². The number of nitrogens with zero attached hydrogens (tertiary/aromatic N) is 12. The Labute approximate surface area is 372 Å². The van der Waals surface area contributed by atoms with Crippen molar-refractivity contribution in [1.29, 1.82) is 0 Å². The highest BCUT2D eigenvalue weighted by atomic mass is 79.9. The van der Waals surface area contributed by atoms with Gasteiger partial charge < -0.3 is 33.8 Å². The molecule has 6 aromatic rings. The van der Waals surface area contributed by atoms with Gasteiger partial charge in [-0.15, -0.1) is 15.3 Å². The third-order valence-corrected chi connectivity index (χ3v) is 12.6. The smallest absolute Gasteiger partial charge is 0.321 e. The molecule has 4 aromatic heterocycles. The Morgan fingerprint density at radius 2 is 1.16 bits per heavy atom. The zero-order valence-corrected chi connectivity index (χ0v) is 37.7. The van der Waals surface area contributed by atoms with E-state index in [-0.39, 0.29) is 0 Å². The highest BCUT2D eigenvalue weighted by Crippen LogP contribution is 2.44. The number of ether oxygens (including phenoxy) is 2. The van der Waals surface area contributed by atoms with Crippen molar-refractivity contribution < 1.29 is 18.3 Å². The number of anilines is 2. The van der Waals surface area contributed by atoms with Crippen molar-refractivity contribution >= 4 is 51.2 Å². The van der Waals surface area contributed by atoms with Crippen molar-refractivity contribution in [3.05, 3.63) is 80.9 Å². The van der Waals surface area contributed by atoms with E-state index in [1.807, 2.05) is 62.7 Å². The molecule has 2 aromatic carbocycles. The van der Waals surface area contributed by atoms with E-state index in [1.54, 1.807) is 22.9 Å². The molecule has 4 bridgehead atoms. The Kier molecular flexibility index (Phi) is 13.4. The number of benzene rings is 2. The first-order chi connectivity index (χ1) is 29.5. The third kappa shape index (κ3) is 10.3. The number of nitrogens with two attached hydrogens (primary N) is 1. The molecule has 2 saturated heterocycles. The first-order valence-electron chi connectivity index (χ1n) is 20.8. The molecule has 2 aliphatic carbocycles. The number of aryl methyl sites for hydroxylation is 4. The van der Waals surface area contributed by atoms with Crippen LogP contribution in [0.3, 0.4) is 0 Å². The normalized spacial score (nSPS) is 22.7. The number of fused-ring (bicyclic) bond motifs is 4. The van der Waals surface area contributed by atoms with Crippen molar-refractivity contribution in [3.63, 3.8) is 0 Å². The topological polar surface area (TPSA) is 190 Å². The zero-order valence-electron chi connectivity index (χ0n) is 34.6. The van der Waals surface area contributed by atoms with Crippen molar-refractivity contribution in [2.75, 3.05) is 36.0 Å². The number of rotatable bonds is 10. The van der Waals surface area contributed by atoms with Crippen LogP contribution < -0.4 is 25.0 Å². The molecule has 0 amide bonds. The second-order valence-corrected chi connectivity index (χ2v) is 17.5. The van der Waals surface area contributed by atoms with Gasteiger partial charge in [-0.3, -0.25) is 0 Å². The van der Waals surface area contributed by atoms with E-state index in [0.717, 1.165) is 38.4 Å². The Morgan fingerprint density at radius 1 is 0.689 bits per heavy atom. The van der Waals surface area contributed by atoms with Crippen LogP contribution in [0.2, 0.25) is 10.0 Å². The molecule has 324 valence electrons. The predicted molar refractivity (Wildman–Crippen MR) is 232 cm³/mol. The van der Waals surface area contributed by atoms with Crippen molar-refractivity contribution in [3.8, 4) is 23.5 Å². The van der Waals surface area contributed by atoms with Crippen LogP contribution in [0.5, 0.6) is 23.5 Å². The van der Waals surface area contributed by atoms with Gasteiger partial charge in [0, 0.05) is 75.6 Å². The number of aromatic nitrogens is 10. The van der Waals surface area contributed by atoms with E-state index in [4.69, 9.17) is 57.3 Å². The summed E-state index contributed by atoms with van der Waals surface area (Å²) >= 11 is 15.1. The highest BCUT2D eigenvalue weighted by Gasteiger charge is 2.44. The second kappa shape index (κ2) is 19.1. The van der Waals surface area contributed by atoms with Crippen LogP contribution in [0, 0.1) is 43.4 Å². The largest absolute Gasteiger partial charge is 0.424 e. The van der Waals surface area contributed by atoms with E-state index in [0.29, 0.717) is 111 Å². The van der Waals surface area contributed by atoms with Crippen molar-refractivity contribution in [2.45, 2.75) is 78.9 Å². The molecular formula is C41H50BrCl2N13O4. The lowest BCUT2D eigenvalue weighted by Gasteiger charge is -2.36. The van der Waals surface area contributed by atoms with E-state index in [2.05, 4.69) is 56.2 Å². The molecular weight excluding hydrogens is 889 g/mol. The summed E-state index contributed by atoms with van der Waals surface area (Å²) in [6.45, 7) is 12.9. The van der Waals surface area contributed by atoms with Gasteiger partial charge in [0.05, 0.1) is 0 Å². The quantitative estimate of drug-likeness (QED) is 0.138. The summed E-state index contributed by atoms with van der Waals surface area (Å²) in [5, 5.41) is 26.2. The second-order valence-electron chi connectivity index (χ2n) is 15.9. The Hall–Kier alpha value is -4.78. The van der Waals surface area contributed by atoms with Crippen LogP contribution in [0.15, 0.2) is 62.1 Å². The minimum atomic E-state index is 0.380. The van der Waals surface area contributed by atoms with Gasteiger partial charge in [-0.25, -0.2) is 9.36 Å². The summed E-state index contributed by atoms with van der Waals surface area (Å²) < 4.78 is 26.6. The highest BCUT2D eigenvalue weighted by molar-refractivity contribution is 9.10. The van der Waals surface area contributed by atoms with Crippen molar-refractivity contribution in [1.82, 2.24) is 49.9 Å². The fourth-order valence-corrected chi connectivity index (χ4v) is 9.58. The molecule has 20 heteroatoms. The number of halogens is 3. The molecule has 6 heterocycles. The summed E-state index contributed by atoms with van der Waals surface area (Å²) in [4.78, 5) is 13.2. The molecule has 4 fully saturated rings. The lowest BCUT2D eigenvalue weighted by Crippen LogP contribution is -2.48. The number of hydrogen-bond acceptors (Lipinski definition) is 15. The van der Waals surface area contributed by atoms with Gasteiger partial charge in [-0.05, 0) is 121 Å². The molecule has 0 radical (unpaired) electrons. The molecule has 10 rings (SSSR count). The van der Waals surface area contributed by atoms with E-state index in [1.165, 1.54) is 25.7 Å². The summed E-state index contributed by atoms with van der Waals surface area (Å²) in [7, 11) is 0. The van der Waals surface area contributed by atoms with Crippen LogP contribution in [-0.4, -0.2) is 82.1 Å². The standard InChI is InChI=1S/C21H25ClN6O2.C10H9BrClN3O.C10H16N4O/c1-3-28-20(30-17-6-4-5-16(22)9-17)23-19(26-28)10-18-14-7-8-15(18)12-27(11-14)21-25-24-13(2)29-21;1-2-15-10(13-9(11)14-15)16-8-5-3-4-7(12)6-8;1-6-12-13-10(15-6)14-4-7-2-3-8(5-14)9(7)11/h4-6,9,14-15,18H,3,7-8,10-12H2,1-2H3;3-6H,2H2,1H3;7-9H,2-5,11H2,1H3. The summed E-state index contributed by atoms with van der Waals surface area (Å²) in [5.41, 5.74) is 6.14. The summed E-state index contributed by atoms with van der Waals surface area (Å²) in [5.74, 6) is 6.35. The fraction of sp³-hybridized carbons (Fsp3) is 0.512. The van der Waals surface area contributed by atoms with E-state index in [9.17, 15) is 0 Å². The minimum Gasteiger partial charge on any atom is -0.424 e. The zero-order chi connectivity index (χ0) is 42.6. The van der Waals surface area contributed by atoms with Gasteiger partial charge in [0.2, 0.25) is 16.5 Å². The van der Waals surface area contributed by atoms with Gasteiger partial charge in [0.1, 0.15) is 11.5 Å². The third-order valence-electron chi connectivity index (χ3n) is 11.8. The van der Waals surface area contributed by atoms with E-state index >= 15 is 0 Å². The summed E-state index contributed by atoms with van der Waals surface area (Å²) in [6, 6.07) is 17.1. The molecule has 2 N–H and O–H groups in total.